The zero-order chi connectivity index (χ0) is 20.1. The average molecular weight is 409 g/mol. The molecule has 4 heterocycles. The molecule has 4 aromatic rings. The molecule has 1 aromatic carbocycles. The average Bonchev–Trinajstić information content (AvgIpc) is 3.28. The van der Waals surface area contributed by atoms with Gasteiger partial charge in [0.25, 0.3) is 5.56 Å². The lowest BCUT2D eigenvalue weighted by Gasteiger charge is -2.26. The maximum atomic E-state index is 13.6. The molecule has 0 saturated heterocycles. The molecule has 0 saturated carbocycles. The highest BCUT2D eigenvalue weighted by molar-refractivity contribution is 7.18. The first-order valence-electron chi connectivity index (χ1n) is 10.1. The lowest BCUT2D eigenvalue weighted by Crippen LogP contribution is -2.29. The van der Waals surface area contributed by atoms with E-state index < -0.39 is 0 Å². The minimum Gasteiger partial charge on any atom is -0.372 e. The molecule has 29 heavy (non-hydrogen) atoms. The highest BCUT2D eigenvalue weighted by Gasteiger charge is 2.29. The Morgan fingerprint density at radius 3 is 2.79 bits per heavy atom. The Labute approximate surface area is 172 Å². The van der Waals surface area contributed by atoms with Gasteiger partial charge in [-0.1, -0.05) is 44.2 Å². The van der Waals surface area contributed by atoms with E-state index in [0.717, 1.165) is 39.3 Å². The van der Waals surface area contributed by atoms with Gasteiger partial charge in [-0.05, 0) is 30.4 Å². The fourth-order valence-electron chi connectivity index (χ4n) is 4.16. The number of rotatable bonds is 4. The molecule has 0 N–H and O–H groups in total. The molecule has 6 nitrogen and oxygen atoms in total. The molecule has 7 heteroatoms. The SMILES string of the molecule is Cc1nnc2n(CCc3ccccc3)c(=O)c3c4c(sc3n12)CO[C@@H](C(C)C)C4. The predicted molar refractivity (Wildman–Crippen MR) is 115 cm³/mol. The molecule has 1 aliphatic heterocycles. The Kier molecular flexibility index (Phi) is 4.52. The van der Waals surface area contributed by atoms with Crippen molar-refractivity contribution >= 4 is 27.3 Å². The van der Waals surface area contributed by atoms with Gasteiger partial charge in [-0.3, -0.25) is 13.8 Å². The summed E-state index contributed by atoms with van der Waals surface area (Å²) >= 11 is 1.64. The monoisotopic (exact) mass is 408 g/mol. The molecule has 3 aromatic heterocycles. The number of thiophene rings is 1. The van der Waals surface area contributed by atoms with E-state index in [1.54, 1.807) is 15.9 Å². The van der Waals surface area contributed by atoms with E-state index in [2.05, 4.69) is 36.2 Å². The van der Waals surface area contributed by atoms with Crippen molar-refractivity contribution in [2.75, 3.05) is 0 Å². The van der Waals surface area contributed by atoms with Gasteiger partial charge in [-0.15, -0.1) is 21.5 Å². The fourth-order valence-corrected chi connectivity index (χ4v) is 5.44. The zero-order valence-corrected chi connectivity index (χ0v) is 17.7. The first-order valence-corrected chi connectivity index (χ1v) is 10.9. The molecular weight excluding hydrogens is 384 g/mol. The quantitative estimate of drug-likeness (QED) is 0.516. The van der Waals surface area contributed by atoms with Crippen LogP contribution < -0.4 is 5.56 Å². The van der Waals surface area contributed by atoms with Gasteiger partial charge in [-0.25, -0.2) is 0 Å². The van der Waals surface area contributed by atoms with E-state index >= 15 is 0 Å². The molecule has 5 rings (SSSR count). The first kappa shape index (κ1) is 18.5. The number of hydrogen-bond acceptors (Lipinski definition) is 5. The molecule has 0 unspecified atom stereocenters. The van der Waals surface area contributed by atoms with Crippen LogP contribution in [0, 0.1) is 12.8 Å². The van der Waals surface area contributed by atoms with Crippen LogP contribution >= 0.6 is 11.3 Å². The third-order valence-corrected chi connectivity index (χ3v) is 7.02. The first-order chi connectivity index (χ1) is 14.0. The van der Waals surface area contributed by atoms with Crippen LogP contribution in [-0.2, 0) is 30.7 Å². The zero-order valence-electron chi connectivity index (χ0n) is 16.9. The Balaban J connectivity index is 1.69. The number of ether oxygens (including phenoxy) is 1. The van der Waals surface area contributed by atoms with Crippen LogP contribution in [0.4, 0.5) is 0 Å². The largest absolute Gasteiger partial charge is 0.372 e. The Bertz CT molecular complexity index is 1250. The van der Waals surface area contributed by atoms with Crippen molar-refractivity contribution in [2.24, 2.45) is 5.92 Å². The third-order valence-electron chi connectivity index (χ3n) is 5.83. The number of fused-ring (bicyclic) bond motifs is 5. The summed E-state index contributed by atoms with van der Waals surface area (Å²) in [6.07, 6.45) is 1.71. The number of nitrogens with zero attached hydrogens (tertiary/aromatic N) is 4. The minimum absolute atomic E-state index is 0.0396. The van der Waals surface area contributed by atoms with Gasteiger partial charge in [0.15, 0.2) is 0 Å². The van der Waals surface area contributed by atoms with Crippen molar-refractivity contribution < 1.29 is 4.74 Å². The van der Waals surface area contributed by atoms with E-state index in [0.29, 0.717) is 24.8 Å². The number of hydrogen-bond donors (Lipinski definition) is 0. The van der Waals surface area contributed by atoms with Gasteiger partial charge in [-0.2, -0.15) is 0 Å². The van der Waals surface area contributed by atoms with Gasteiger partial charge in [0.05, 0.1) is 18.1 Å². The molecule has 0 amide bonds. The molecule has 0 spiro atoms. The molecule has 0 aliphatic carbocycles. The van der Waals surface area contributed by atoms with Crippen LogP contribution in [0.3, 0.4) is 0 Å². The summed E-state index contributed by atoms with van der Waals surface area (Å²) < 4.78 is 9.89. The number of aromatic nitrogens is 4. The van der Waals surface area contributed by atoms with Crippen LogP contribution in [0.5, 0.6) is 0 Å². The second kappa shape index (κ2) is 7.07. The summed E-state index contributed by atoms with van der Waals surface area (Å²) in [6.45, 7) is 7.44. The maximum absolute atomic E-state index is 13.6. The maximum Gasteiger partial charge on any atom is 0.263 e. The van der Waals surface area contributed by atoms with Crippen molar-refractivity contribution in [1.29, 1.82) is 0 Å². The number of aryl methyl sites for hydroxylation is 3. The van der Waals surface area contributed by atoms with E-state index in [1.165, 1.54) is 5.56 Å². The van der Waals surface area contributed by atoms with Crippen molar-refractivity contribution in [3.63, 3.8) is 0 Å². The van der Waals surface area contributed by atoms with Gasteiger partial charge in [0, 0.05) is 17.8 Å². The summed E-state index contributed by atoms with van der Waals surface area (Å²) in [5, 5.41) is 9.44. The lowest BCUT2D eigenvalue weighted by molar-refractivity contribution is 0.00200. The predicted octanol–water partition coefficient (Wildman–Crippen LogP) is 3.75. The van der Waals surface area contributed by atoms with Crippen LogP contribution in [0.2, 0.25) is 0 Å². The topological polar surface area (TPSA) is 61.4 Å². The molecular formula is C22H24N4O2S. The number of benzene rings is 1. The van der Waals surface area contributed by atoms with Gasteiger partial charge in [0.2, 0.25) is 5.78 Å². The van der Waals surface area contributed by atoms with Crippen molar-refractivity contribution in [3.8, 4) is 0 Å². The van der Waals surface area contributed by atoms with E-state index in [1.807, 2.05) is 29.5 Å². The van der Waals surface area contributed by atoms with Crippen LogP contribution in [-0.4, -0.2) is 25.3 Å². The summed E-state index contributed by atoms with van der Waals surface area (Å²) in [5.74, 6) is 1.84. The van der Waals surface area contributed by atoms with Crippen molar-refractivity contribution in [1.82, 2.24) is 19.2 Å². The smallest absolute Gasteiger partial charge is 0.263 e. The van der Waals surface area contributed by atoms with Gasteiger partial charge < -0.3 is 4.74 Å². The summed E-state index contributed by atoms with van der Waals surface area (Å²) in [7, 11) is 0. The van der Waals surface area contributed by atoms with E-state index in [-0.39, 0.29) is 11.7 Å². The van der Waals surface area contributed by atoms with Crippen molar-refractivity contribution in [2.45, 2.75) is 52.9 Å². The normalized spacial score (nSPS) is 16.8. The summed E-state index contributed by atoms with van der Waals surface area (Å²) in [6, 6.07) is 10.2. The Morgan fingerprint density at radius 1 is 1.24 bits per heavy atom. The minimum atomic E-state index is 0.0396. The standard InChI is InChI=1S/C22H24N4O2S/c1-13(2)17-11-16-18(12-28-17)29-21-19(16)20(27)25(22-24-23-14(3)26(21)22)10-9-15-7-5-4-6-8-15/h4-8,13,17H,9-12H2,1-3H3/t17-/m1/s1. The van der Waals surface area contributed by atoms with Gasteiger partial charge in [0.1, 0.15) is 10.7 Å². The van der Waals surface area contributed by atoms with Crippen LogP contribution in [0.15, 0.2) is 35.1 Å². The molecule has 0 bridgehead atoms. The molecule has 0 fully saturated rings. The highest BCUT2D eigenvalue weighted by Crippen LogP contribution is 2.36. The van der Waals surface area contributed by atoms with Crippen LogP contribution in [0.1, 0.15) is 35.7 Å². The Hall–Kier alpha value is -2.51. The molecule has 1 aliphatic rings. The van der Waals surface area contributed by atoms with Crippen molar-refractivity contribution in [3.05, 3.63) is 62.5 Å². The summed E-state index contributed by atoms with van der Waals surface area (Å²) in [4.78, 5) is 15.7. The molecule has 1 atom stereocenters. The lowest BCUT2D eigenvalue weighted by atomic mass is 9.96. The molecule has 0 radical (unpaired) electrons. The van der Waals surface area contributed by atoms with Gasteiger partial charge >= 0.3 is 0 Å². The second-order valence-corrected chi connectivity index (χ2v) is 9.14. The Morgan fingerprint density at radius 2 is 2.03 bits per heavy atom. The van der Waals surface area contributed by atoms with Crippen LogP contribution in [0.25, 0.3) is 16.0 Å². The van der Waals surface area contributed by atoms with E-state index in [4.69, 9.17) is 4.74 Å². The summed E-state index contributed by atoms with van der Waals surface area (Å²) in [5.41, 5.74) is 2.40. The fraction of sp³-hybridized carbons (Fsp3) is 0.409. The highest BCUT2D eigenvalue weighted by atomic mass is 32.1. The second-order valence-electron chi connectivity index (χ2n) is 8.06. The third kappa shape index (κ3) is 3.00. The van der Waals surface area contributed by atoms with E-state index in [9.17, 15) is 4.79 Å². The molecule has 150 valence electrons.